The minimum Gasteiger partial charge on any atom is -0.489 e. The first-order chi connectivity index (χ1) is 6.63. The van der Waals surface area contributed by atoms with Crippen molar-refractivity contribution >= 4 is 11.6 Å². The molecule has 2 nitrogen and oxygen atoms in total. The Morgan fingerprint density at radius 3 is 2.71 bits per heavy atom. The lowest BCUT2D eigenvalue weighted by Gasteiger charge is -2.16. The van der Waals surface area contributed by atoms with Crippen LogP contribution in [0.25, 0.3) is 0 Å². The van der Waals surface area contributed by atoms with E-state index >= 15 is 0 Å². The Morgan fingerprint density at radius 1 is 1.43 bits per heavy atom. The highest BCUT2D eigenvalue weighted by atomic mass is 35.5. The van der Waals surface area contributed by atoms with Gasteiger partial charge in [-0.15, -0.1) is 11.6 Å². The van der Waals surface area contributed by atoms with Crippen LogP contribution in [0.3, 0.4) is 0 Å². The van der Waals surface area contributed by atoms with E-state index in [0.29, 0.717) is 6.54 Å². The third kappa shape index (κ3) is 3.20. The molecule has 2 N–H and O–H groups in total. The van der Waals surface area contributed by atoms with E-state index in [2.05, 4.69) is 0 Å². The molecule has 0 fully saturated rings. The minimum absolute atomic E-state index is 0.00321. The average Bonchev–Trinajstić information content (AvgIpc) is 2.18. The van der Waals surface area contributed by atoms with E-state index in [1.54, 1.807) is 0 Å². The zero-order valence-corrected chi connectivity index (χ0v) is 9.29. The number of alkyl halides is 1. The fraction of sp³-hybridized carbons (Fsp3) is 0.455. The Kier molecular flexibility index (Phi) is 4.23. The molecule has 0 amide bonds. The van der Waals surface area contributed by atoms with Gasteiger partial charge in [0.2, 0.25) is 0 Å². The van der Waals surface area contributed by atoms with Crippen molar-refractivity contribution < 1.29 is 4.74 Å². The SMILES string of the molecule is CC(Oc1cccc(CN)c1)[C@@H](C)Cl. The summed E-state index contributed by atoms with van der Waals surface area (Å²) in [5.41, 5.74) is 6.59. The number of halogens is 1. The van der Waals surface area contributed by atoms with Crippen LogP contribution in [0.15, 0.2) is 24.3 Å². The van der Waals surface area contributed by atoms with Crippen LogP contribution in [-0.4, -0.2) is 11.5 Å². The molecule has 3 heteroatoms. The van der Waals surface area contributed by atoms with Gasteiger partial charge in [-0.05, 0) is 31.5 Å². The first-order valence-corrected chi connectivity index (χ1v) is 5.17. The molecule has 0 aliphatic heterocycles. The molecule has 1 aromatic rings. The zero-order chi connectivity index (χ0) is 10.6. The molecular weight excluding hydrogens is 198 g/mol. The van der Waals surface area contributed by atoms with Gasteiger partial charge >= 0.3 is 0 Å². The number of ether oxygens (including phenoxy) is 1. The third-order valence-electron chi connectivity index (χ3n) is 2.10. The van der Waals surface area contributed by atoms with Gasteiger partial charge in [-0.1, -0.05) is 12.1 Å². The van der Waals surface area contributed by atoms with Gasteiger partial charge in [0.1, 0.15) is 11.9 Å². The fourth-order valence-electron chi connectivity index (χ4n) is 1.05. The Morgan fingerprint density at radius 2 is 2.14 bits per heavy atom. The minimum atomic E-state index is -0.00321. The molecule has 0 spiro atoms. The van der Waals surface area contributed by atoms with Crippen LogP contribution in [0.4, 0.5) is 0 Å². The molecule has 1 rings (SSSR count). The second-order valence-electron chi connectivity index (χ2n) is 3.35. The summed E-state index contributed by atoms with van der Waals surface area (Å²) in [6, 6.07) is 7.76. The van der Waals surface area contributed by atoms with E-state index in [0.717, 1.165) is 11.3 Å². The highest BCUT2D eigenvalue weighted by molar-refractivity contribution is 6.20. The lowest BCUT2D eigenvalue weighted by Crippen LogP contribution is -2.21. The topological polar surface area (TPSA) is 35.2 Å². The molecule has 0 bridgehead atoms. The van der Waals surface area contributed by atoms with Crippen LogP contribution in [0.2, 0.25) is 0 Å². The maximum Gasteiger partial charge on any atom is 0.120 e. The Balaban J connectivity index is 2.66. The molecule has 1 aromatic carbocycles. The largest absolute Gasteiger partial charge is 0.489 e. The van der Waals surface area contributed by atoms with Crippen molar-refractivity contribution in [3.05, 3.63) is 29.8 Å². The molecular formula is C11H16ClNO. The molecule has 78 valence electrons. The van der Waals surface area contributed by atoms with Crippen LogP contribution in [0.1, 0.15) is 19.4 Å². The van der Waals surface area contributed by atoms with Crippen molar-refractivity contribution in [3.8, 4) is 5.75 Å². The molecule has 1 unspecified atom stereocenters. The number of benzene rings is 1. The van der Waals surface area contributed by atoms with E-state index in [-0.39, 0.29) is 11.5 Å². The highest BCUT2D eigenvalue weighted by Crippen LogP contribution is 2.16. The second kappa shape index (κ2) is 5.23. The number of hydrogen-bond donors (Lipinski definition) is 1. The van der Waals surface area contributed by atoms with Crippen molar-refractivity contribution in [2.45, 2.75) is 31.9 Å². The Labute approximate surface area is 90.0 Å². The van der Waals surface area contributed by atoms with E-state index in [1.165, 1.54) is 0 Å². The predicted octanol–water partition coefficient (Wildman–Crippen LogP) is 2.54. The number of nitrogens with two attached hydrogens (primary N) is 1. The summed E-state index contributed by atoms with van der Waals surface area (Å²) in [4.78, 5) is 0. The molecule has 0 aromatic heterocycles. The van der Waals surface area contributed by atoms with Gasteiger partial charge in [0, 0.05) is 6.54 Å². The Bertz CT molecular complexity index is 288. The van der Waals surface area contributed by atoms with Crippen molar-refractivity contribution in [3.63, 3.8) is 0 Å². The molecule has 0 radical (unpaired) electrons. The van der Waals surface area contributed by atoms with Gasteiger partial charge in [0.05, 0.1) is 5.38 Å². The maximum absolute atomic E-state index is 5.90. The van der Waals surface area contributed by atoms with Crippen LogP contribution in [-0.2, 0) is 6.54 Å². The van der Waals surface area contributed by atoms with Crippen LogP contribution >= 0.6 is 11.6 Å². The molecule has 0 aliphatic carbocycles. The van der Waals surface area contributed by atoms with Crippen molar-refractivity contribution in [1.29, 1.82) is 0 Å². The van der Waals surface area contributed by atoms with E-state index in [9.17, 15) is 0 Å². The van der Waals surface area contributed by atoms with E-state index in [1.807, 2.05) is 38.1 Å². The normalized spacial score (nSPS) is 14.9. The first kappa shape index (κ1) is 11.3. The van der Waals surface area contributed by atoms with Crippen LogP contribution < -0.4 is 10.5 Å². The van der Waals surface area contributed by atoms with E-state index < -0.39 is 0 Å². The molecule has 0 saturated heterocycles. The molecule has 0 heterocycles. The summed E-state index contributed by atoms with van der Waals surface area (Å²) in [5.74, 6) is 0.827. The number of hydrogen-bond acceptors (Lipinski definition) is 2. The van der Waals surface area contributed by atoms with Gasteiger partial charge in [0.15, 0.2) is 0 Å². The second-order valence-corrected chi connectivity index (χ2v) is 4.04. The van der Waals surface area contributed by atoms with Crippen LogP contribution in [0, 0.1) is 0 Å². The quantitative estimate of drug-likeness (QED) is 0.781. The number of rotatable bonds is 4. The predicted molar refractivity (Wildman–Crippen MR) is 59.7 cm³/mol. The standard InChI is InChI=1S/C11H16ClNO/c1-8(12)9(2)14-11-5-3-4-10(6-11)7-13/h3-6,8-9H,7,13H2,1-2H3/t8-,9?/m1/s1. The molecule has 0 saturated carbocycles. The van der Waals surface area contributed by atoms with E-state index in [4.69, 9.17) is 22.1 Å². The summed E-state index contributed by atoms with van der Waals surface area (Å²) in [5, 5.41) is -0.00321. The molecule has 0 aliphatic rings. The summed E-state index contributed by atoms with van der Waals surface area (Å²) in [6.45, 7) is 4.40. The van der Waals surface area contributed by atoms with Gasteiger partial charge in [-0.2, -0.15) is 0 Å². The summed E-state index contributed by atoms with van der Waals surface area (Å²) in [7, 11) is 0. The molecule has 14 heavy (non-hydrogen) atoms. The lowest BCUT2D eigenvalue weighted by atomic mass is 10.2. The van der Waals surface area contributed by atoms with Crippen molar-refractivity contribution in [2.75, 3.05) is 0 Å². The monoisotopic (exact) mass is 213 g/mol. The third-order valence-corrected chi connectivity index (χ3v) is 2.46. The van der Waals surface area contributed by atoms with Gasteiger partial charge in [0.25, 0.3) is 0 Å². The maximum atomic E-state index is 5.90. The van der Waals surface area contributed by atoms with Crippen LogP contribution in [0.5, 0.6) is 5.75 Å². The van der Waals surface area contributed by atoms with Gasteiger partial charge < -0.3 is 10.5 Å². The first-order valence-electron chi connectivity index (χ1n) is 4.73. The summed E-state index contributed by atoms with van der Waals surface area (Å²) in [6.07, 6.45) is 0.00434. The fourth-order valence-corrected chi connectivity index (χ4v) is 1.11. The summed E-state index contributed by atoms with van der Waals surface area (Å²) < 4.78 is 5.63. The summed E-state index contributed by atoms with van der Waals surface area (Å²) >= 11 is 5.90. The van der Waals surface area contributed by atoms with Gasteiger partial charge in [-0.25, -0.2) is 0 Å². The molecule has 2 atom stereocenters. The Hall–Kier alpha value is -0.730. The van der Waals surface area contributed by atoms with Gasteiger partial charge in [-0.3, -0.25) is 0 Å². The average molecular weight is 214 g/mol. The highest BCUT2D eigenvalue weighted by Gasteiger charge is 2.10. The van der Waals surface area contributed by atoms with Crippen molar-refractivity contribution in [1.82, 2.24) is 0 Å². The van der Waals surface area contributed by atoms with Crippen molar-refractivity contribution in [2.24, 2.45) is 5.73 Å². The lowest BCUT2D eigenvalue weighted by molar-refractivity contribution is 0.220. The zero-order valence-electron chi connectivity index (χ0n) is 8.53. The smallest absolute Gasteiger partial charge is 0.120 e.